The molecule has 0 radical (unpaired) electrons. The Morgan fingerprint density at radius 1 is 1.42 bits per heavy atom. The van der Waals surface area contributed by atoms with E-state index in [0.29, 0.717) is 45.6 Å². The fourth-order valence-electron chi connectivity index (χ4n) is 2.35. The molecular formula is C17H16ClN3O3. The first-order valence-electron chi connectivity index (χ1n) is 7.51. The summed E-state index contributed by atoms with van der Waals surface area (Å²) in [7, 11) is 1.50. The minimum absolute atomic E-state index is 0.108. The van der Waals surface area contributed by atoms with Crippen LogP contribution >= 0.6 is 11.6 Å². The molecule has 0 atom stereocenters. The van der Waals surface area contributed by atoms with Gasteiger partial charge < -0.3 is 14.5 Å². The third-order valence-electron chi connectivity index (χ3n) is 3.41. The summed E-state index contributed by atoms with van der Waals surface area (Å²) in [4.78, 5) is 20.4. The van der Waals surface area contributed by atoms with Gasteiger partial charge in [-0.2, -0.15) is 4.98 Å². The summed E-state index contributed by atoms with van der Waals surface area (Å²) in [5.74, 6) is 0.668. The fraction of sp³-hybridized carbons (Fsp3) is 0.235. The number of hydrogen-bond donors (Lipinski definition) is 1. The van der Waals surface area contributed by atoms with Crippen molar-refractivity contribution in [1.82, 2.24) is 9.97 Å². The van der Waals surface area contributed by atoms with Gasteiger partial charge in [0.2, 0.25) is 11.8 Å². The average molecular weight is 346 g/mol. The van der Waals surface area contributed by atoms with Crippen molar-refractivity contribution in [2.45, 2.75) is 19.8 Å². The molecule has 3 aromatic rings. The Kier molecular flexibility index (Phi) is 4.66. The molecule has 124 valence electrons. The number of nitrogens with zero attached hydrogens (tertiary/aromatic N) is 2. The Hall–Kier alpha value is -2.60. The van der Waals surface area contributed by atoms with Gasteiger partial charge in [-0.1, -0.05) is 18.5 Å². The van der Waals surface area contributed by atoms with Crippen LogP contribution in [0.2, 0.25) is 5.02 Å². The lowest BCUT2D eigenvalue weighted by molar-refractivity contribution is -0.116. The molecular weight excluding hydrogens is 330 g/mol. The lowest BCUT2D eigenvalue weighted by Gasteiger charge is -2.12. The summed E-state index contributed by atoms with van der Waals surface area (Å²) in [5, 5.41) is 3.17. The summed E-state index contributed by atoms with van der Waals surface area (Å²) in [5.41, 5.74) is 2.20. The number of amides is 1. The monoisotopic (exact) mass is 345 g/mol. The fourth-order valence-corrected chi connectivity index (χ4v) is 2.65. The van der Waals surface area contributed by atoms with Crippen molar-refractivity contribution in [3.05, 3.63) is 35.5 Å². The van der Waals surface area contributed by atoms with Crippen LogP contribution in [0.3, 0.4) is 0 Å². The number of methoxy groups -OCH3 is 1. The number of anilines is 1. The minimum atomic E-state index is -0.108. The number of rotatable bonds is 5. The highest BCUT2D eigenvalue weighted by Crippen LogP contribution is 2.38. The van der Waals surface area contributed by atoms with E-state index in [9.17, 15) is 4.79 Å². The van der Waals surface area contributed by atoms with E-state index in [1.54, 1.807) is 30.5 Å². The Morgan fingerprint density at radius 3 is 2.96 bits per heavy atom. The van der Waals surface area contributed by atoms with Crippen LogP contribution < -0.4 is 10.1 Å². The predicted molar refractivity (Wildman–Crippen MR) is 92.3 cm³/mol. The highest BCUT2D eigenvalue weighted by Gasteiger charge is 2.16. The molecule has 1 aromatic carbocycles. The third-order valence-corrected chi connectivity index (χ3v) is 3.69. The first-order chi connectivity index (χ1) is 11.6. The summed E-state index contributed by atoms with van der Waals surface area (Å²) >= 11 is 6.28. The second-order valence-corrected chi connectivity index (χ2v) is 5.59. The Morgan fingerprint density at radius 2 is 2.25 bits per heavy atom. The minimum Gasteiger partial charge on any atom is -0.493 e. The summed E-state index contributed by atoms with van der Waals surface area (Å²) in [6, 6.07) is 6.96. The first kappa shape index (κ1) is 16.3. The maximum absolute atomic E-state index is 11.9. The molecule has 24 heavy (non-hydrogen) atoms. The van der Waals surface area contributed by atoms with Crippen LogP contribution in [0.1, 0.15) is 19.8 Å². The van der Waals surface area contributed by atoms with Gasteiger partial charge in [0.15, 0.2) is 17.0 Å². The molecule has 2 heterocycles. The zero-order valence-electron chi connectivity index (χ0n) is 13.3. The van der Waals surface area contributed by atoms with Crippen molar-refractivity contribution >= 4 is 34.4 Å². The van der Waals surface area contributed by atoms with E-state index in [0.717, 1.165) is 6.42 Å². The van der Waals surface area contributed by atoms with E-state index in [-0.39, 0.29) is 5.91 Å². The molecule has 0 saturated heterocycles. The van der Waals surface area contributed by atoms with Crippen molar-refractivity contribution in [3.8, 4) is 17.2 Å². The molecule has 0 spiro atoms. The van der Waals surface area contributed by atoms with Gasteiger partial charge in [-0.3, -0.25) is 4.79 Å². The van der Waals surface area contributed by atoms with Crippen molar-refractivity contribution in [2.75, 3.05) is 12.4 Å². The number of nitrogens with one attached hydrogen (secondary N) is 1. The average Bonchev–Trinajstić information content (AvgIpc) is 2.99. The summed E-state index contributed by atoms with van der Waals surface area (Å²) in [6.45, 7) is 1.94. The van der Waals surface area contributed by atoms with Gasteiger partial charge in [0.05, 0.1) is 17.8 Å². The van der Waals surface area contributed by atoms with Gasteiger partial charge >= 0.3 is 0 Å². The second kappa shape index (κ2) is 6.88. The normalized spacial score (nSPS) is 10.8. The number of benzene rings is 1. The molecule has 0 saturated carbocycles. The lowest BCUT2D eigenvalue weighted by atomic mass is 10.1. The van der Waals surface area contributed by atoms with E-state index < -0.39 is 0 Å². The summed E-state index contributed by atoms with van der Waals surface area (Å²) in [6.07, 6.45) is 2.81. The van der Waals surface area contributed by atoms with Crippen molar-refractivity contribution in [2.24, 2.45) is 0 Å². The summed E-state index contributed by atoms with van der Waals surface area (Å²) < 4.78 is 11.0. The predicted octanol–water partition coefficient (Wildman–Crippen LogP) is 4.29. The molecule has 3 rings (SSSR count). The number of pyridine rings is 1. The standard InChI is InChI=1S/C17H16ClN3O3/c1-3-5-14(22)20-12-9-10(8-11(18)15(12)23-2)17-21-16-13(24-17)6-4-7-19-16/h4,6-9H,3,5H2,1-2H3,(H,20,22). The van der Waals surface area contributed by atoms with Crippen LogP contribution in [0.25, 0.3) is 22.7 Å². The molecule has 2 aromatic heterocycles. The zero-order chi connectivity index (χ0) is 17.1. The highest BCUT2D eigenvalue weighted by atomic mass is 35.5. The van der Waals surface area contributed by atoms with E-state index in [1.165, 1.54) is 7.11 Å². The van der Waals surface area contributed by atoms with Crippen LogP contribution in [0.4, 0.5) is 5.69 Å². The number of aromatic nitrogens is 2. The van der Waals surface area contributed by atoms with Gasteiger partial charge in [0.25, 0.3) is 0 Å². The third kappa shape index (κ3) is 3.19. The Bertz CT molecular complexity index is 859. The number of ether oxygens (including phenoxy) is 1. The van der Waals surface area contributed by atoms with Crippen molar-refractivity contribution in [3.63, 3.8) is 0 Å². The highest BCUT2D eigenvalue weighted by molar-refractivity contribution is 6.33. The van der Waals surface area contributed by atoms with E-state index >= 15 is 0 Å². The largest absolute Gasteiger partial charge is 0.493 e. The van der Waals surface area contributed by atoms with Crippen LogP contribution in [-0.2, 0) is 4.79 Å². The topological polar surface area (TPSA) is 77.3 Å². The maximum atomic E-state index is 11.9. The van der Waals surface area contributed by atoms with Gasteiger partial charge in [-0.15, -0.1) is 0 Å². The quantitative estimate of drug-likeness (QED) is 0.746. The van der Waals surface area contributed by atoms with Crippen LogP contribution in [0.15, 0.2) is 34.9 Å². The molecule has 1 amide bonds. The number of halogens is 1. The number of fused-ring (bicyclic) bond motifs is 1. The van der Waals surface area contributed by atoms with Crippen molar-refractivity contribution < 1.29 is 13.9 Å². The van der Waals surface area contributed by atoms with Crippen LogP contribution in [0.5, 0.6) is 5.75 Å². The van der Waals surface area contributed by atoms with E-state index in [2.05, 4.69) is 15.3 Å². The molecule has 1 N–H and O–H groups in total. The lowest BCUT2D eigenvalue weighted by Crippen LogP contribution is -2.11. The molecule has 7 heteroatoms. The molecule has 0 aliphatic rings. The number of carbonyl (C=O) groups excluding carboxylic acids is 1. The Balaban J connectivity index is 2.04. The molecule has 0 aliphatic heterocycles. The Labute approximate surface area is 143 Å². The molecule has 6 nitrogen and oxygen atoms in total. The molecule has 0 fully saturated rings. The zero-order valence-corrected chi connectivity index (χ0v) is 14.1. The van der Waals surface area contributed by atoms with Crippen molar-refractivity contribution in [1.29, 1.82) is 0 Å². The second-order valence-electron chi connectivity index (χ2n) is 5.18. The number of carbonyl (C=O) groups is 1. The smallest absolute Gasteiger partial charge is 0.229 e. The molecule has 0 unspecified atom stereocenters. The van der Waals surface area contributed by atoms with Crippen LogP contribution in [-0.4, -0.2) is 23.0 Å². The number of hydrogen-bond acceptors (Lipinski definition) is 5. The number of oxazole rings is 1. The van der Waals surface area contributed by atoms with Crippen LogP contribution in [0, 0.1) is 0 Å². The molecule has 0 bridgehead atoms. The first-order valence-corrected chi connectivity index (χ1v) is 7.89. The maximum Gasteiger partial charge on any atom is 0.229 e. The SMILES string of the molecule is CCCC(=O)Nc1cc(-c2nc3ncccc3o2)cc(Cl)c1OC. The van der Waals surface area contributed by atoms with Gasteiger partial charge in [-0.25, -0.2) is 4.98 Å². The van der Waals surface area contributed by atoms with Gasteiger partial charge in [0, 0.05) is 18.2 Å². The van der Waals surface area contributed by atoms with E-state index in [4.69, 9.17) is 20.8 Å². The van der Waals surface area contributed by atoms with E-state index in [1.807, 2.05) is 6.92 Å². The van der Waals surface area contributed by atoms with Gasteiger partial charge in [0.1, 0.15) is 0 Å². The molecule has 0 aliphatic carbocycles. The van der Waals surface area contributed by atoms with Gasteiger partial charge in [-0.05, 0) is 30.7 Å².